The number of hydrogen-bond donors (Lipinski definition) is 0. The summed E-state index contributed by atoms with van der Waals surface area (Å²) in [6.45, 7) is 3.93. The van der Waals surface area contributed by atoms with Crippen LogP contribution in [0.5, 0.6) is 11.5 Å². The Morgan fingerprint density at radius 2 is 1.93 bits per heavy atom. The van der Waals surface area contributed by atoms with Gasteiger partial charge in [0.25, 0.3) is 11.6 Å². The fourth-order valence-electron chi connectivity index (χ4n) is 2.50. The normalized spacial score (nSPS) is 10.6. The monoisotopic (exact) mass is 392 g/mol. The van der Waals surface area contributed by atoms with Crippen molar-refractivity contribution >= 4 is 23.2 Å². The number of ether oxygens (including phenoxy) is 2. The van der Waals surface area contributed by atoms with Crippen LogP contribution in [0.1, 0.15) is 29.8 Å². The van der Waals surface area contributed by atoms with Crippen LogP contribution in [0, 0.1) is 10.1 Å². The number of non-ortho nitro benzene ring substituents is 1. The zero-order chi connectivity index (χ0) is 20.1. The van der Waals surface area contributed by atoms with Gasteiger partial charge in [-0.25, -0.2) is 0 Å². The summed E-state index contributed by atoms with van der Waals surface area (Å²) >= 11 is 6.12. The van der Waals surface area contributed by atoms with E-state index in [-0.39, 0.29) is 24.2 Å². The Morgan fingerprint density at radius 1 is 1.22 bits per heavy atom. The Hall–Kier alpha value is -2.80. The molecule has 0 aliphatic heterocycles. The van der Waals surface area contributed by atoms with Gasteiger partial charge in [0.05, 0.1) is 18.1 Å². The molecule has 0 radical (unpaired) electrons. The first-order chi connectivity index (χ1) is 12.7. The number of carbonyl (C=O) groups excluding carboxylic acids is 1. The molecule has 27 heavy (non-hydrogen) atoms. The minimum Gasteiger partial charge on any atom is -0.493 e. The van der Waals surface area contributed by atoms with Crippen molar-refractivity contribution < 1.29 is 19.2 Å². The summed E-state index contributed by atoms with van der Waals surface area (Å²) in [7, 11) is 3.10. The molecular formula is C19H21ClN2O5. The van der Waals surface area contributed by atoms with Gasteiger partial charge in [0.15, 0.2) is 11.5 Å². The Balaban J connectivity index is 2.22. The van der Waals surface area contributed by atoms with E-state index in [9.17, 15) is 14.9 Å². The molecule has 0 bridgehead atoms. The average molecular weight is 393 g/mol. The lowest BCUT2D eigenvalue weighted by molar-refractivity contribution is -0.384. The first-order valence-electron chi connectivity index (χ1n) is 8.26. The van der Waals surface area contributed by atoms with Gasteiger partial charge in [-0.1, -0.05) is 11.6 Å². The summed E-state index contributed by atoms with van der Waals surface area (Å²) in [4.78, 5) is 24.6. The lowest BCUT2D eigenvalue weighted by atomic mass is 10.1. The minimum absolute atomic E-state index is 0.0286. The van der Waals surface area contributed by atoms with Gasteiger partial charge in [0, 0.05) is 36.3 Å². The maximum Gasteiger partial charge on any atom is 0.269 e. The van der Waals surface area contributed by atoms with Crippen molar-refractivity contribution in [3.63, 3.8) is 0 Å². The third-order valence-corrected chi connectivity index (χ3v) is 4.14. The van der Waals surface area contributed by atoms with Crippen LogP contribution in [0.2, 0.25) is 5.02 Å². The molecule has 0 heterocycles. The van der Waals surface area contributed by atoms with Gasteiger partial charge in [0.2, 0.25) is 0 Å². The van der Waals surface area contributed by atoms with Gasteiger partial charge in [-0.3, -0.25) is 14.9 Å². The molecule has 0 aliphatic rings. The van der Waals surface area contributed by atoms with Crippen molar-refractivity contribution in [2.24, 2.45) is 0 Å². The molecule has 8 heteroatoms. The number of amides is 1. The van der Waals surface area contributed by atoms with Gasteiger partial charge in [0.1, 0.15) is 0 Å². The summed E-state index contributed by atoms with van der Waals surface area (Å²) in [5.74, 6) is 0.733. The van der Waals surface area contributed by atoms with Crippen molar-refractivity contribution in [1.82, 2.24) is 4.90 Å². The second-order valence-electron chi connectivity index (χ2n) is 6.23. The molecule has 144 valence electrons. The number of nitro benzene ring substituents is 1. The molecule has 7 nitrogen and oxygen atoms in total. The molecular weight excluding hydrogens is 372 g/mol. The third-order valence-electron chi connectivity index (χ3n) is 3.77. The van der Waals surface area contributed by atoms with E-state index in [0.717, 1.165) is 0 Å². The Kier molecular flexibility index (Phi) is 6.63. The number of hydrogen-bond acceptors (Lipinski definition) is 5. The van der Waals surface area contributed by atoms with Crippen LogP contribution in [0.25, 0.3) is 0 Å². The highest BCUT2D eigenvalue weighted by molar-refractivity contribution is 6.31. The summed E-state index contributed by atoms with van der Waals surface area (Å²) < 4.78 is 11.0. The number of halogens is 1. The number of carbonyl (C=O) groups is 1. The predicted molar refractivity (Wildman–Crippen MR) is 103 cm³/mol. The van der Waals surface area contributed by atoms with E-state index in [1.165, 1.54) is 30.2 Å². The lowest BCUT2D eigenvalue weighted by Crippen LogP contribution is -2.26. The standard InChI is InChI=1S/C19H21ClN2O5/c1-12(2)27-17-8-5-13(10-18(17)26-4)19(23)21(3)11-14-9-15(22(24)25)6-7-16(14)20/h5-10,12H,11H2,1-4H3. The topological polar surface area (TPSA) is 81.9 Å². The van der Waals surface area contributed by atoms with Crippen LogP contribution in [0.15, 0.2) is 36.4 Å². The fraction of sp³-hybridized carbons (Fsp3) is 0.316. The van der Waals surface area contributed by atoms with E-state index in [2.05, 4.69) is 0 Å². The van der Waals surface area contributed by atoms with Crippen molar-refractivity contribution in [3.8, 4) is 11.5 Å². The Morgan fingerprint density at radius 3 is 2.52 bits per heavy atom. The van der Waals surface area contributed by atoms with Crippen LogP contribution in [-0.4, -0.2) is 36.0 Å². The Labute approximate surface area is 162 Å². The van der Waals surface area contributed by atoms with E-state index < -0.39 is 4.92 Å². The third kappa shape index (κ3) is 5.10. The second-order valence-corrected chi connectivity index (χ2v) is 6.63. The smallest absolute Gasteiger partial charge is 0.269 e. The molecule has 0 aromatic heterocycles. The van der Waals surface area contributed by atoms with Crippen molar-refractivity contribution in [2.75, 3.05) is 14.2 Å². The zero-order valence-electron chi connectivity index (χ0n) is 15.6. The highest BCUT2D eigenvalue weighted by atomic mass is 35.5. The van der Waals surface area contributed by atoms with Gasteiger partial charge in [-0.15, -0.1) is 0 Å². The number of benzene rings is 2. The maximum absolute atomic E-state index is 12.7. The number of methoxy groups -OCH3 is 1. The van der Waals surface area contributed by atoms with Crippen molar-refractivity contribution in [2.45, 2.75) is 26.5 Å². The maximum atomic E-state index is 12.7. The molecule has 0 N–H and O–H groups in total. The zero-order valence-corrected chi connectivity index (χ0v) is 16.3. The number of nitrogens with zero attached hydrogens (tertiary/aromatic N) is 2. The molecule has 0 atom stereocenters. The van der Waals surface area contributed by atoms with Crippen LogP contribution in [0.3, 0.4) is 0 Å². The van der Waals surface area contributed by atoms with Gasteiger partial charge in [-0.2, -0.15) is 0 Å². The highest BCUT2D eigenvalue weighted by Gasteiger charge is 2.18. The first-order valence-corrected chi connectivity index (χ1v) is 8.63. The van der Waals surface area contributed by atoms with E-state index in [0.29, 0.717) is 27.6 Å². The van der Waals surface area contributed by atoms with E-state index in [4.69, 9.17) is 21.1 Å². The predicted octanol–water partition coefficient (Wildman–Crippen LogP) is 4.32. The van der Waals surface area contributed by atoms with Crippen LogP contribution in [-0.2, 0) is 6.54 Å². The van der Waals surface area contributed by atoms with E-state index >= 15 is 0 Å². The second kappa shape index (κ2) is 8.73. The molecule has 2 aromatic rings. The molecule has 0 saturated carbocycles. The van der Waals surface area contributed by atoms with Crippen molar-refractivity contribution in [3.05, 3.63) is 62.7 Å². The van der Waals surface area contributed by atoms with Crippen LogP contribution >= 0.6 is 11.6 Å². The first kappa shape index (κ1) is 20.5. The van der Waals surface area contributed by atoms with Gasteiger partial charge >= 0.3 is 0 Å². The summed E-state index contributed by atoms with van der Waals surface area (Å²) in [6, 6.07) is 9.08. The Bertz CT molecular complexity index is 854. The summed E-state index contributed by atoms with van der Waals surface area (Å²) in [5.41, 5.74) is 0.826. The molecule has 0 saturated heterocycles. The lowest BCUT2D eigenvalue weighted by Gasteiger charge is -2.19. The molecule has 0 spiro atoms. The van der Waals surface area contributed by atoms with E-state index in [1.54, 1.807) is 25.2 Å². The quantitative estimate of drug-likeness (QED) is 0.517. The number of nitro groups is 1. The van der Waals surface area contributed by atoms with Crippen LogP contribution in [0.4, 0.5) is 5.69 Å². The summed E-state index contributed by atoms with van der Waals surface area (Å²) in [6.07, 6.45) is -0.0286. The van der Waals surface area contributed by atoms with Crippen molar-refractivity contribution in [1.29, 1.82) is 0 Å². The largest absolute Gasteiger partial charge is 0.493 e. The van der Waals surface area contributed by atoms with E-state index in [1.807, 2.05) is 13.8 Å². The molecule has 0 aliphatic carbocycles. The molecule has 0 fully saturated rings. The van der Waals surface area contributed by atoms with Crippen LogP contribution < -0.4 is 9.47 Å². The highest BCUT2D eigenvalue weighted by Crippen LogP contribution is 2.30. The minimum atomic E-state index is -0.500. The molecule has 2 rings (SSSR count). The fourth-order valence-corrected chi connectivity index (χ4v) is 2.67. The van der Waals surface area contributed by atoms with Gasteiger partial charge < -0.3 is 14.4 Å². The van der Waals surface area contributed by atoms with Gasteiger partial charge in [-0.05, 0) is 43.7 Å². The SMILES string of the molecule is COc1cc(C(=O)N(C)Cc2cc([N+](=O)[O-])ccc2Cl)ccc1OC(C)C. The number of rotatable bonds is 7. The molecule has 1 amide bonds. The molecule has 0 unspecified atom stereocenters. The average Bonchev–Trinajstić information content (AvgIpc) is 2.62. The summed E-state index contributed by atoms with van der Waals surface area (Å²) in [5, 5.41) is 11.3. The molecule has 2 aromatic carbocycles.